The second-order valence-corrected chi connectivity index (χ2v) is 5.56. The van der Waals surface area contributed by atoms with Crippen molar-refractivity contribution in [2.24, 2.45) is 0 Å². The lowest BCUT2D eigenvalue weighted by molar-refractivity contribution is -0.137. The van der Waals surface area contributed by atoms with E-state index in [1.54, 1.807) is 0 Å². The molecule has 0 atom stereocenters. The van der Waals surface area contributed by atoms with Crippen molar-refractivity contribution in [1.82, 2.24) is 0 Å². The first-order valence-corrected chi connectivity index (χ1v) is 8.07. The molecule has 0 saturated heterocycles. The molecule has 4 nitrogen and oxygen atoms in total. The lowest BCUT2D eigenvalue weighted by Gasteiger charge is -2.12. The minimum atomic E-state index is -4.62. The van der Waals surface area contributed by atoms with Gasteiger partial charge in [-0.15, -0.1) is 0 Å². The Balaban J connectivity index is 2.08. The summed E-state index contributed by atoms with van der Waals surface area (Å²) >= 11 is 0. The van der Waals surface area contributed by atoms with E-state index >= 15 is 0 Å². The van der Waals surface area contributed by atoms with Gasteiger partial charge in [-0.25, -0.2) is 4.79 Å². The summed E-state index contributed by atoms with van der Waals surface area (Å²) in [6, 6.07) is 10.3. The number of esters is 1. The summed E-state index contributed by atoms with van der Waals surface area (Å²) in [5, 5.41) is 2.40. The molecule has 0 fully saturated rings. The number of anilines is 1. The smallest absolute Gasteiger partial charge is 0.417 e. The van der Waals surface area contributed by atoms with Crippen LogP contribution < -0.4 is 5.32 Å². The fraction of sp³-hybridized carbons (Fsp3) is 0.263. The van der Waals surface area contributed by atoms with Crippen LogP contribution in [0.1, 0.15) is 46.0 Å². The first-order valence-electron chi connectivity index (χ1n) is 8.07. The van der Waals surface area contributed by atoms with Crippen LogP contribution in [0, 0.1) is 0 Å². The van der Waals surface area contributed by atoms with Crippen molar-refractivity contribution >= 4 is 17.6 Å². The number of halogens is 3. The monoisotopic (exact) mass is 365 g/mol. The molecule has 0 bridgehead atoms. The van der Waals surface area contributed by atoms with Gasteiger partial charge in [0.1, 0.15) is 0 Å². The lowest BCUT2D eigenvalue weighted by atomic mass is 10.1. The Bertz CT molecular complexity index is 770. The average molecular weight is 365 g/mol. The van der Waals surface area contributed by atoms with E-state index in [9.17, 15) is 22.8 Å². The van der Waals surface area contributed by atoms with Gasteiger partial charge < -0.3 is 10.1 Å². The highest BCUT2D eigenvalue weighted by Crippen LogP contribution is 2.32. The number of benzene rings is 2. The molecule has 0 radical (unpaired) electrons. The van der Waals surface area contributed by atoms with Crippen molar-refractivity contribution < 1.29 is 27.5 Å². The fourth-order valence-electron chi connectivity index (χ4n) is 2.21. The third-order valence-electron chi connectivity index (χ3n) is 3.59. The number of unbranched alkanes of at least 4 members (excludes halogenated alkanes) is 1. The van der Waals surface area contributed by atoms with E-state index in [-0.39, 0.29) is 5.69 Å². The molecule has 0 aromatic heterocycles. The van der Waals surface area contributed by atoms with E-state index < -0.39 is 29.2 Å². The summed E-state index contributed by atoms with van der Waals surface area (Å²) in [5.74, 6) is -1.37. The summed E-state index contributed by atoms with van der Waals surface area (Å²) in [7, 11) is 0. The summed E-state index contributed by atoms with van der Waals surface area (Å²) in [5.41, 5.74) is -0.899. The second kappa shape index (κ2) is 8.51. The second-order valence-electron chi connectivity index (χ2n) is 5.56. The molecule has 2 aromatic carbocycles. The first-order chi connectivity index (χ1) is 12.3. The van der Waals surface area contributed by atoms with E-state index in [1.807, 2.05) is 6.92 Å². The summed E-state index contributed by atoms with van der Waals surface area (Å²) in [4.78, 5) is 24.0. The molecule has 1 amide bonds. The zero-order valence-electron chi connectivity index (χ0n) is 14.1. The van der Waals surface area contributed by atoms with Crippen LogP contribution in [-0.4, -0.2) is 18.5 Å². The first kappa shape index (κ1) is 19.5. The van der Waals surface area contributed by atoms with Crippen LogP contribution in [0.25, 0.3) is 0 Å². The molecule has 0 unspecified atom stereocenters. The van der Waals surface area contributed by atoms with Crippen LogP contribution >= 0.6 is 0 Å². The van der Waals surface area contributed by atoms with Crippen molar-refractivity contribution in [1.29, 1.82) is 0 Å². The molecule has 0 aliphatic carbocycles. The Morgan fingerprint density at radius 3 is 2.31 bits per heavy atom. The molecule has 2 rings (SSSR count). The largest absolute Gasteiger partial charge is 0.462 e. The SMILES string of the molecule is CCCCOC(=O)c1ccc(NC(=O)c2ccccc2C(F)(F)F)cc1. The van der Waals surface area contributed by atoms with Crippen LogP contribution in [0.3, 0.4) is 0 Å². The predicted molar refractivity (Wildman–Crippen MR) is 91.0 cm³/mol. The van der Waals surface area contributed by atoms with Gasteiger partial charge in [0.2, 0.25) is 0 Å². The van der Waals surface area contributed by atoms with Crippen molar-refractivity contribution in [2.45, 2.75) is 25.9 Å². The Kier molecular flexibility index (Phi) is 6.38. The Morgan fingerprint density at radius 1 is 1.04 bits per heavy atom. The highest BCUT2D eigenvalue weighted by molar-refractivity contribution is 6.05. The summed E-state index contributed by atoms with van der Waals surface area (Å²) < 4.78 is 44.0. The number of hydrogen-bond donors (Lipinski definition) is 1. The van der Waals surface area contributed by atoms with Gasteiger partial charge in [0.05, 0.1) is 23.3 Å². The van der Waals surface area contributed by atoms with Gasteiger partial charge in [0.25, 0.3) is 5.91 Å². The van der Waals surface area contributed by atoms with E-state index in [2.05, 4.69) is 5.32 Å². The highest BCUT2D eigenvalue weighted by Gasteiger charge is 2.34. The highest BCUT2D eigenvalue weighted by atomic mass is 19.4. The van der Waals surface area contributed by atoms with Gasteiger partial charge in [-0.05, 0) is 42.8 Å². The number of hydrogen-bond acceptors (Lipinski definition) is 3. The quantitative estimate of drug-likeness (QED) is 0.584. The molecule has 7 heteroatoms. The molecule has 2 aromatic rings. The Hall–Kier alpha value is -2.83. The maximum Gasteiger partial charge on any atom is 0.417 e. The molecule has 26 heavy (non-hydrogen) atoms. The van der Waals surface area contributed by atoms with Crippen LogP contribution in [0.4, 0.5) is 18.9 Å². The number of carbonyl (C=O) groups excluding carboxylic acids is 2. The molecule has 0 saturated carbocycles. The Morgan fingerprint density at radius 2 is 1.69 bits per heavy atom. The van der Waals surface area contributed by atoms with Gasteiger partial charge in [0.15, 0.2) is 0 Å². The van der Waals surface area contributed by atoms with Crippen molar-refractivity contribution in [3.63, 3.8) is 0 Å². The third-order valence-corrected chi connectivity index (χ3v) is 3.59. The molecule has 0 heterocycles. The number of ether oxygens (including phenoxy) is 1. The molecule has 0 aliphatic heterocycles. The normalized spacial score (nSPS) is 11.1. The molecule has 138 valence electrons. The maximum atomic E-state index is 13.0. The lowest BCUT2D eigenvalue weighted by Crippen LogP contribution is -2.18. The van der Waals surface area contributed by atoms with Crippen molar-refractivity contribution in [3.05, 3.63) is 65.2 Å². The number of nitrogens with one attached hydrogen (secondary N) is 1. The molecule has 1 N–H and O–H groups in total. The number of carbonyl (C=O) groups is 2. The fourth-order valence-corrected chi connectivity index (χ4v) is 2.21. The Labute approximate surface area is 149 Å². The van der Waals surface area contributed by atoms with Crippen LogP contribution in [0.15, 0.2) is 48.5 Å². The van der Waals surface area contributed by atoms with Gasteiger partial charge in [-0.3, -0.25) is 4.79 Å². The number of amides is 1. The molecular weight excluding hydrogens is 347 g/mol. The van der Waals surface area contributed by atoms with Crippen LogP contribution in [0.5, 0.6) is 0 Å². The molecular formula is C19H18F3NO3. The van der Waals surface area contributed by atoms with E-state index in [0.29, 0.717) is 12.2 Å². The summed E-state index contributed by atoms with van der Waals surface area (Å²) in [6.07, 6.45) is -2.96. The predicted octanol–water partition coefficient (Wildman–Crippen LogP) is 4.91. The third kappa shape index (κ3) is 5.08. The molecule has 0 aliphatic rings. The maximum absolute atomic E-state index is 13.0. The van der Waals surface area contributed by atoms with Crippen molar-refractivity contribution in [2.75, 3.05) is 11.9 Å². The summed E-state index contributed by atoms with van der Waals surface area (Å²) in [6.45, 7) is 2.30. The number of alkyl halides is 3. The minimum Gasteiger partial charge on any atom is -0.462 e. The van der Waals surface area contributed by atoms with E-state index in [4.69, 9.17) is 4.74 Å². The molecule has 0 spiro atoms. The van der Waals surface area contributed by atoms with Gasteiger partial charge >= 0.3 is 12.1 Å². The number of rotatable bonds is 6. The zero-order chi connectivity index (χ0) is 19.2. The van der Waals surface area contributed by atoms with Gasteiger partial charge in [-0.2, -0.15) is 13.2 Å². The average Bonchev–Trinajstić information content (AvgIpc) is 2.61. The topological polar surface area (TPSA) is 55.4 Å². The van der Waals surface area contributed by atoms with Gasteiger partial charge in [-0.1, -0.05) is 25.5 Å². The van der Waals surface area contributed by atoms with Crippen LogP contribution in [-0.2, 0) is 10.9 Å². The van der Waals surface area contributed by atoms with Gasteiger partial charge in [0, 0.05) is 5.69 Å². The van der Waals surface area contributed by atoms with Crippen LogP contribution in [0.2, 0.25) is 0 Å². The van der Waals surface area contributed by atoms with E-state index in [1.165, 1.54) is 36.4 Å². The zero-order valence-corrected chi connectivity index (χ0v) is 14.1. The standard InChI is InChI=1S/C19H18F3NO3/c1-2-3-12-26-18(25)13-8-10-14(11-9-13)23-17(24)15-6-4-5-7-16(15)19(20,21)22/h4-11H,2-3,12H2,1H3,(H,23,24). The minimum absolute atomic E-state index is 0.275. The van der Waals surface area contributed by atoms with Crippen molar-refractivity contribution in [3.8, 4) is 0 Å². The van der Waals surface area contributed by atoms with E-state index in [0.717, 1.165) is 25.0 Å².